The summed E-state index contributed by atoms with van der Waals surface area (Å²) in [5.74, 6) is -8.74. The molecule has 97 heavy (non-hydrogen) atoms. The molecule has 8 aromatic heterocycles. The molecule has 28 heteroatoms. The van der Waals surface area contributed by atoms with E-state index in [0.717, 1.165) is 123 Å². The van der Waals surface area contributed by atoms with Crippen LogP contribution in [0.3, 0.4) is 0 Å². The van der Waals surface area contributed by atoms with Crippen LogP contribution in [0.25, 0.3) is 45.0 Å². The van der Waals surface area contributed by atoms with Crippen LogP contribution in [-0.4, -0.2) is 101 Å². The van der Waals surface area contributed by atoms with Crippen molar-refractivity contribution in [1.29, 1.82) is 0 Å². The fourth-order valence-electron chi connectivity index (χ4n) is 13.6. The van der Waals surface area contributed by atoms with Crippen molar-refractivity contribution in [3.8, 4) is 45.0 Å². The van der Waals surface area contributed by atoms with Gasteiger partial charge in [-0.25, -0.2) is 64.6 Å². The summed E-state index contributed by atoms with van der Waals surface area (Å²) in [6.45, 7) is 3.81. The summed E-state index contributed by atoms with van der Waals surface area (Å²) < 4.78 is 143. The number of fused-ring (bicyclic) bond motifs is 16. The minimum absolute atomic E-state index is 0. The molecule has 0 unspecified atom stereocenters. The van der Waals surface area contributed by atoms with Crippen molar-refractivity contribution in [3.05, 3.63) is 188 Å². The van der Waals surface area contributed by atoms with Gasteiger partial charge in [-0.1, -0.05) is 7.43 Å². The molecular formula is C69H62F8N10O10. The largest absolute Gasteiger partial charge is 0.461 e. The minimum Gasteiger partial charge on any atom is -0.461 e. The highest BCUT2D eigenvalue weighted by Gasteiger charge is 2.42. The van der Waals surface area contributed by atoms with E-state index in [0.29, 0.717) is 70.7 Å². The van der Waals surface area contributed by atoms with E-state index in [1.807, 2.05) is 0 Å². The highest BCUT2D eigenvalue weighted by Crippen LogP contribution is 2.48. The molecule has 8 bridgehead atoms. The molecule has 8 aliphatic rings. The first-order chi connectivity index (χ1) is 46.2. The van der Waals surface area contributed by atoms with Gasteiger partial charge in [0.05, 0.1) is 85.2 Å². The first-order valence-corrected chi connectivity index (χ1v) is 31.1. The summed E-state index contributed by atoms with van der Waals surface area (Å²) in [5.41, 5.74) is 18.3. The third kappa shape index (κ3) is 13.6. The zero-order valence-electron chi connectivity index (χ0n) is 51.3. The number of esters is 2. The molecule has 16 rings (SSSR count). The van der Waals surface area contributed by atoms with Crippen LogP contribution in [0.1, 0.15) is 184 Å². The molecule has 2 amide bonds. The third-order valence-corrected chi connectivity index (χ3v) is 17.7. The van der Waals surface area contributed by atoms with Gasteiger partial charge in [-0.15, -0.1) is 0 Å². The number of carbonyl (C=O) groups is 4. The van der Waals surface area contributed by atoms with Crippen LogP contribution in [0.5, 0.6) is 0 Å². The number of primary amides is 2. The predicted molar refractivity (Wildman–Crippen MR) is 327 cm³/mol. The Kier molecular flexibility index (Phi) is 19.3. The fourth-order valence-corrected chi connectivity index (χ4v) is 13.6. The summed E-state index contributed by atoms with van der Waals surface area (Å²) in [7, 11) is 0. The summed E-state index contributed by atoms with van der Waals surface area (Å²) in [4.78, 5) is 80.4. The second-order valence-electron chi connectivity index (χ2n) is 23.9. The molecule has 16 heterocycles. The van der Waals surface area contributed by atoms with Crippen molar-refractivity contribution in [2.75, 3.05) is 13.2 Å². The molecule has 0 spiro atoms. The number of rotatable bonds is 10. The van der Waals surface area contributed by atoms with E-state index < -0.39 is 70.3 Å². The van der Waals surface area contributed by atoms with Crippen molar-refractivity contribution in [3.63, 3.8) is 0 Å². The van der Waals surface area contributed by atoms with Crippen LogP contribution in [0.15, 0.2) is 73.3 Å². The van der Waals surface area contributed by atoms with Gasteiger partial charge in [-0.2, -0.15) is 0 Å². The normalized spacial score (nSPS) is 21.3. The van der Waals surface area contributed by atoms with E-state index in [9.17, 15) is 54.3 Å². The molecule has 8 atom stereocenters. The van der Waals surface area contributed by atoms with Crippen molar-refractivity contribution in [1.82, 2.24) is 39.9 Å². The lowest BCUT2D eigenvalue weighted by Crippen LogP contribution is -2.23. The summed E-state index contributed by atoms with van der Waals surface area (Å²) in [5, 5.41) is 0. The molecule has 8 aliphatic heterocycles. The predicted octanol–water partition coefficient (Wildman–Crippen LogP) is 12.0. The molecular weight excluding hydrogens is 1280 g/mol. The van der Waals surface area contributed by atoms with Crippen LogP contribution in [0.2, 0.25) is 0 Å². The Morgan fingerprint density at radius 3 is 0.856 bits per heavy atom. The molecule has 8 aromatic rings. The number of aromatic nitrogens is 8. The molecule has 0 saturated carbocycles. The lowest BCUT2D eigenvalue weighted by molar-refractivity contribution is 0.0288. The Hall–Kier alpha value is -9.64. The first-order valence-electron chi connectivity index (χ1n) is 31.1. The number of carbonyl (C=O) groups excluding carboxylic acids is 4. The van der Waals surface area contributed by atoms with Gasteiger partial charge in [0.15, 0.2) is 23.3 Å². The van der Waals surface area contributed by atoms with Gasteiger partial charge in [0, 0.05) is 72.2 Å². The number of halogens is 8. The van der Waals surface area contributed by atoms with Crippen LogP contribution < -0.4 is 11.5 Å². The third-order valence-electron chi connectivity index (χ3n) is 17.7. The van der Waals surface area contributed by atoms with Gasteiger partial charge in [0.1, 0.15) is 93.2 Å². The van der Waals surface area contributed by atoms with Crippen LogP contribution in [0, 0.1) is 46.5 Å². The van der Waals surface area contributed by atoms with Crippen molar-refractivity contribution in [2.45, 2.75) is 147 Å². The molecule has 20 nitrogen and oxygen atoms in total. The quantitative estimate of drug-likeness (QED) is 0.0950. The standard InChI is InChI=1S/2C18H16F2N2O3.2C16H13F2N3O2.CH4/c2*1-2-24-18(23)14-7-12(16-13(20)5-9(19)8-21-16)11-6-10-3-4-15(25-10)17(11)22-14;2*17-7-3-11(18)14(20-6-7)10-5-12(16(19)22)21-15-9(10)4-8-1-2-13(15)23-8;/h2*5,7-8,10,15H,2-4,6H2,1H3;2*3,5-6,8,13H,1-2,4H2,(H2,19,22);1H4/t2*10-,15+;2*8-,13+;/m1010./s1. The van der Waals surface area contributed by atoms with E-state index in [2.05, 4.69) is 39.9 Å². The highest BCUT2D eigenvalue weighted by atomic mass is 19.2. The Bertz CT molecular complexity index is 4200. The Morgan fingerprint density at radius 2 is 0.629 bits per heavy atom. The molecule has 4 N–H and O–H groups in total. The van der Waals surface area contributed by atoms with Gasteiger partial charge < -0.3 is 39.9 Å². The molecule has 0 radical (unpaired) electrons. The van der Waals surface area contributed by atoms with Gasteiger partial charge >= 0.3 is 11.9 Å². The van der Waals surface area contributed by atoms with Crippen LogP contribution in [0.4, 0.5) is 35.1 Å². The molecule has 4 saturated heterocycles. The number of hydrogen-bond acceptors (Lipinski definition) is 18. The smallest absolute Gasteiger partial charge is 0.356 e. The Balaban J connectivity index is 0.000000123. The minimum atomic E-state index is -0.785. The molecule has 0 aromatic carbocycles. The number of hydrogen-bond donors (Lipinski definition) is 2. The number of nitrogens with zero attached hydrogens (tertiary/aromatic N) is 8. The average Bonchev–Trinajstić information content (AvgIpc) is 1.77. The van der Waals surface area contributed by atoms with Gasteiger partial charge in [0.25, 0.3) is 11.8 Å². The number of pyridine rings is 8. The summed E-state index contributed by atoms with van der Waals surface area (Å²) >= 11 is 0. The molecule has 4 fully saturated rings. The lowest BCUT2D eigenvalue weighted by Gasteiger charge is -2.25. The van der Waals surface area contributed by atoms with Crippen LogP contribution in [-0.2, 0) is 54.1 Å². The lowest BCUT2D eigenvalue weighted by atomic mass is 9.94. The fraction of sp³-hybridized carbons (Fsp3) is 0.362. The second-order valence-corrected chi connectivity index (χ2v) is 23.9. The Morgan fingerprint density at radius 1 is 0.392 bits per heavy atom. The SMILES string of the molecule is C.CCOC(=O)c1cc(-c2ncc(F)cc2F)c2c(n1)[C@@H]1CC[C@H](C2)O1.CCOC(=O)c1cc(-c2ncc(F)cc2F)c2c(n1)[C@H]1CC[C@@H](C2)O1.NC(=O)c1cc(-c2ncc(F)cc2F)c2c(n1)[C@@H]1CC[C@H](C2)O1.NC(=O)c1cc(-c2ncc(F)cc2F)c2c(n1)[C@H]1CC[C@@H](C2)O1. The van der Waals surface area contributed by atoms with Gasteiger partial charge in [-0.05, 0) is 112 Å². The van der Waals surface area contributed by atoms with Crippen molar-refractivity contribution >= 4 is 23.8 Å². The van der Waals surface area contributed by atoms with Crippen molar-refractivity contribution in [2.24, 2.45) is 11.5 Å². The van der Waals surface area contributed by atoms with E-state index >= 15 is 0 Å². The van der Waals surface area contributed by atoms with E-state index in [4.69, 9.17) is 39.9 Å². The maximum Gasteiger partial charge on any atom is 0.356 e. The first kappa shape index (κ1) is 67.3. The van der Waals surface area contributed by atoms with Crippen molar-refractivity contribution < 1.29 is 82.7 Å². The van der Waals surface area contributed by atoms with E-state index in [-0.39, 0.29) is 115 Å². The van der Waals surface area contributed by atoms with E-state index in [1.165, 1.54) is 24.3 Å². The zero-order chi connectivity index (χ0) is 67.4. The number of ether oxygens (including phenoxy) is 6. The highest BCUT2D eigenvalue weighted by molar-refractivity contribution is 5.94. The van der Waals surface area contributed by atoms with Gasteiger partial charge in [0.2, 0.25) is 0 Å². The number of amides is 2. The topological polar surface area (TPSA) is 279 Å². The molecule has 504 valence electrons. The maximum absolute atomic E-state index is 14.3. The average molecular weight is 1340 g/mol. The monoisotopic (exact) mass is 1340 g/mol. The summed E-state index contributed by atoms with van der Waals surface area (Å²) in [6, 6.07) is 8.92. The second kappa shape index (κ2) is 27.8. The summed E-state index contributed by atoms with van der Waals surface area (Å²) in [6.07, 6.45) is 12.1. The Labute approximate surface area is 548 Å². The maximum atomic E-state index is 14.3. The van der Waals surface area contributed by atoms with Gasteiger partial charge in [-0.3, -0.25) is 29.5 Å². The molecule has 0 aliphatic carbocycles. The van der Waals surface area contributed by atoms with E-state index in [1.54, 1.807) is 13.8 Å². The zero-order valence-corrected chi connectivity index (χ0v) is 51.3. The number of nitrogens with two attached hydrogens (primary N) is 2. The van der Waals surface area contributed by atoms with Crippen LogP contribution >= 0.6 is 0 Å².